The number of hydrogen-bond acceptors (Lipinski definition) is 5. The minimum absolute atomic E-state index is 0.0371. The van der Waals surface area contributed by atoms with Gasteiger partial charge in [0.15, 0.2) is 5.82 Å². The highest BCUT2D eigenvalue weighted by Crippen LogP contribution is 2.25. The summed E-state index contributed by atoms with van der Waals surface area (Å²) in [4.78, 5) is 15.8. The predicted molar refractivity (Wildman–Crippen MR) is 83.5 cm³/mol. The predicted octanol–water partition coefficient (Wildman–Crippen LogP) is 3.28. The number of rotatable bonds is 4. The summed E-state index contributed by atoms with van der Waals surface area (Å²) in [5.41, 5.74) is 7.55. The van der Waals surface area contributed by atoms with E-state index in [4.69, 9.17) is 17.3 Å². The molecular weight excluding hydrogens is 290 g/mol. The van der Waals surface area contributed by atoms with Crippen LogP contribution in [0.1, 0.15) is 28.9 Å². The molecule has 3 N–H and O–H groups in total. The van der Waals surface area contributed by atoms with Crippen LogP contribution in [0.3, 0.4) is 0 Å². The van der Waals surface area contributed by atoms with Crippen molar-refractivity contribution in [3.8, 4) is 0 Å². The van der Waals surface area contributed by atoms with Crippen molar-refractivity contribution in [1.82, 2.24) is 4.98 Å². The van der Waals surface area contributed by atoms with Gasteiger partial charge in [-0.3, -0.25) is 0 Å². The molecule has 110 valence electrons. The van der Waals surface area contributed by atoms with Gasteiger partial charge in [-0.05, 0) is 30.7 Å². The Morgan fingerprint density at radius 3 is 2.62 bits per heavy atom. The number of nitrogen functional groups attached to an aromatic ring is 1. The molecule has 5 nitrogen and oxygen atoms in total. The minimum atomic E-state index is -0.489. The van der Waals surface area contributed by atoms with Gasteiger partial charge in [-0.25, -0.2) is 9.78 Å². The monoisotopic (exact) mass is 305 g/mol. The summed E-state index contributed by atoms with van der Waals surface area (Å²) < 4.78 is 4.69. The molecule has 0 fully saturated rings. The number of carbonyl (C=O) groups excluding carboxylic acids is 1. The molecule has 0 aliphatic heterocycles. The summed E-state index contributed by atoms with van der Waals surface area (Å²) in [5, 5.41) is 3.86. The number of ether oxygens (including phenoxy) is 1. The number of hydrogen-bond donors (Lipinski definition) is 2. The Morgan fingerprint density at radius 1 is 1.33 bits per heavy atom. The van der Waals surface area contributed by atoms with Gasteiger partial charge in [0.05, 0.1) is 24.4 Å². The fraction of sp³-hybridized carbons (Fsp3) is 0.200. The first kappa shape index (κ1) is 15.1. The minimum Gasteiger partial charge on any atom is -0.465 e. The first-order valence-corrected chi connectivity index (χ1v) is 6.75. The van der Waals surface area contributed by atoms with Crippen molar-refractivity contribution >= 4 is 29.1 Å². The van der Waals surface area contributed by atoms with Crippen LogP contribution in [-0.2, 0) is 4.74 Å². The first-order valence-electron chi connectivity index (χ1n) is 6.37. The molecule has 21 heavy (non-hydrogen) atoms. The highest BCUT2D eigenvalue weighted by atomic mass is 35.5. The number of halogens is 1. The van der Waals surface area contributed by atoms with E-state index in [1.165, 1.54) is 19.4 Å². The van der Waals surface area contributed by atoms with Crippen LogP contribution in [0.25, 0.3) is 0 Å². The smallest absolute Gasteiger partial charge is 0.340 e. The van der Waals surface area contributed by atoms with Crippen molar-refractivity contribution in [3.63, 3.8) is 0 Å². The topological polar surface area (TPSA) is 77.2 Å². The van der Waals surface area contributed by atoms with Crippen LogP contribution in [0.2, 0.25) is 5.02 Å². The number of nitrogens with one attached hydrogen (secondary N) is 1. The summed E-state index contributed by atoms with van der Waals surface area (Å²) in [6.45, 7) is 1.97. The second-order valence-electron chi connectivity index (χ2n) is 4.53. The summed E-state index contributed by atoms with van der Waals surface area (Å²) in [6, 6.07) is 8.96. The van der Waals surface area contributed by atoms with E-state index in [0.717, 1.165) is 5.56 Å². The van der Waals surface area contributed by atoms with Gasteiger partial charge < -0.3 is 15.8 Å². The first-order chi connectivity index (χ1) is 10.0. The van der Waals surface area contributed by atoms with Crippen molar-refractivity contribution in [2.24, 2.45) is 0 Å². The van der Waals surface area contributed by atoms with E-state index in [1.54, 1.807) is 0 Å². The molecule has 0 aliphatic rings. The molecule has 0 amide bonds. The van der Waals surface area contributed by atoms with Gasteiger partial charge >= 0.3 is 5.97 Å². The molecular formula is C15H16ClN3O2. The Bertz CT molecular complexity index is 644. The van der Waals surface area contributed by atoms with Gasteiger partial charge in [-0.15, -0.1) is 0 Å². The molecule has 0 saturated carbocycles. The Labute approximate surface area is 128 Å². The quantitative estimate of drug-likeness (QED) is 0.848. The maximum absolute atomic E-state index is 11.6. The van der Waals surface area contributed by atoms with E-state index in [9.17, 15) is 4.79 Å². The van der Waals surface area contributed by atoms with Crippen LogP contribution in [0.15, 0.2) is 36.5 Å². The van der Waals surface area contributed by atoms with E-state index in [2.05, 4.69) is 15.0 Å². The maximum Gasteiger partial charge on any atom is 0.340 e. The van der Waals surface area contributed by atoms with Crippen molar-refractivity contribution in [1.29, 1.82) is 0 Å². The molecule has 0 radical (unpaired) electrons. The lowest BCUT2D eigenvalue weighted by molar-refractivity contribution is 0.0602. The van der Waals surface area contributed by atoms with Gasteiger partial charge in [0.25, 0.3) is 0 Å². The number of aromatic nitrogens is 1. The lowest BCUT2D eigenvalue weighted by atomic mass is 10.1. The van der Waals surface area contributed by atoms with Crippen LogP contribution in [0.5, 0.6) is 0 Å². The van der Waals surface area contributed by atoms with E-state index >= 15 is 0 Å². The second kappa shape index (κ2) is 6.45. The Hall–Kier alpha value is -2.27. The highest BCUT2D eigenvalue weighted by Gasteiger charge is 2.15. The largest absolute Gasteiger partial charge is 0.465 e. The SMILES string of the molecule is COC(=O)c1ccnc(NC(C)c2ccc(Cl)cc2)c1N. The second-order valence-corrected chi connectivity index (χ2v) is 4.97. The molecule has 0 spiro atoms. The molecule has 1 heterocycles. The molecule has 1 unspecified atom stereocenters. The third-order valence-corrected chi connectivity index (χ3v) is 3.37. The van der Waals surface area contributed by atoms with Crippen LogP contribution in [0.4, 0.5) is 11.5 Å². The van der Waals surface area contributed by atoms with Gasteiger partial charge in [-0.1, -0.05) is 23.7 Å². The number of anilines is 2. The normalized spacial score (nSPS) is 11.8. The lowest BCUT2D eigenvalue weighted by Gasteiger charge is -2.17. The number of methoxy groups -OCH3 is 1. The maximum atomic E-state index is 11.6. The molecule has 1 aromatic heterocycles. The number of nitrogens with zero attached hydrogens (tertiary/aromatic N) is 1. The average molecular weight is 306 g/mol. The van der Waals surface area contributed by atoms with E-state index in [1.807, 2.05) is 31.2 Å². The van der Waals surface area contributed by atoms with Gasteiger partial charge in [0, 0.05) is 11.2 Å². The van der Waals surface area contributed by atoms with Crippen LogP contribution < -0.4 is 11.1 Å². The molecule has 6 heteroatoms. The Kier molecular flexibility index (Phi) is 4.65. The number of carbonyl (C=O) groups is 1. The zero-order valence-electron chi connectivity index (χ0n) is 11.8. The summed E-state index contributed by atoms with van der Waals surface area (Å²) in [5.74, 6) is -0.0440. The zero-order valence-corrected chi connectivity index (χ0v) is 12.5. The van der Waals surface area contributed by atoms with E-state index in [0.29, 0.717) is 16.4 Å². The van der Waals surface area contributed by atoms with Crippen molar-refractivity contribution < 1.29 is 9.53 Å². The molecule has 2 aromatic rings. The number of nitrogens with two attached hydrogens (primary N) is 1. The molecule has 0 bridgehead atoms. The van der Waals surface area contributed by atoms with Gasteiger partial charge in [0.2, 0.25) is 0 Å². The fourth-order valence-electron chi connectivity index (χ4n) is 1.92. The van der Waals surface area contributed by atoms with Crippen molar-refractivity contribution in [2.45, 2.75) is 13.0 Å². The van der Waals surface area contributed by atoms with Crippen LogP contribution in [-0.4, -0.2) is 18.1 Å². The molecule has 2 rings (SSSR count). The Balaban J connectivity index is 2.23. The lowest BCUT2D eigenvalue weighted by Crippen LogP contribution is -2.13. The summed E-state index contributed by atoms with van der Waals surface area (Å²) in [7, 11) is 1.31. The standard InChI is InChI=1S/C15H16ClN3O2/c1-9(10-3-5-11(16)6-4-10)19-14-13(17)12(7-8-18-14)15(20)21-2/h3-9H,17H2,1-2H3,(H,18,19). The average Bonchev–Trinajstić information content (AvgIpc) is 2.49. The summed E-state index contributed by atoms with van der Waals surface area (Å²) in [6.07, 6.45) is 1.51. The molecule has 0 saturated heterocycles. The number of esters is 1. The number of benzene rings is 1. The van der Waals surface area contributed by atoms with Crippen LogP contribution >= 0.6 is 11.6 Å². The zero-order chi connectivity index (χ0) is 15.4. The third-order valence-electron chi connectivity index (χ3n) is 3.12. The number of pyridine rings is 1. The van der Waals surface area contributed by atoms with Gasteiger partial charge in [-0.2, -0.15) is 0 Å². The summed E-state index contributed by atoms with van der Waals surface area (Å²) >= 11 is 5.87. The van der Waals surface area contributed by atoms with E-state index in [-0.39, 0.29) is 11.7 Å². The fourth-order valence-corrected chi connectivity index (χ4v) is 2.04. The third kappa shape index (κ3) is 3.44. The van der Waals surface area contributed by atoms with Crippen molar-refractivity contribution in [3.05, 3.63) is 52.7 Å². The molecule has 1 aromatic carbocycles. The highest BCUT2D eigenvalue weighted by molar-refractivity contribution is 6.30. The van der Waals surface area contributed by atoms with Crippen LogP contribution in [0, 0.1) is 0 Å². The van der Waals surface area contributed by atoms with Gasteiger partial charge in [0.1, 0.15) is 0 Å². The molecule has 1 atom stereocenters. The molecule has 0 aliphatic carbocycles. The van der Waals surface area contributed by atoms with E-state index < -0.39 is 5.97 Å². The van der Waals surface area contributed by atoms with Crippen molar-refractivity contribution in [2.75, 3.05) is 18.2 Å². The Morgan fingerprint density at radius 2 is 2.00 bits per heavy atom.